The maximum Gasteiger partial charge on any atom is 0.228 e. The molecule has 2 heterocycles. The van der Waals surface area contributed by atoms with E-state index in [1.54, 1.807) is 0 Å². The van der Waals surface area contributed by atoms with Gasteiger partial charge >= 0.3 is 0 Å². The molecule has 3 aromatic rings. The summed E-state index contributed by atoms with van der Waals surface area (Å²) in [5.74, 6) is 2.25. The number of hydrogen-bond acceptors (Lipinski definition) is 5. The van der Waals surface area contributed by atoms with Gasteiger partial charge in [-0.25, -0.2) is 9.97 Å². The summed E-state index contributed by atoms with van der Waals surface area (Å²) in [6.07, 6.45) is 3.67. The number of aryl methyl sites for hydroxylation is 3. The second-order valence-electron chi connectivity index (χ2n) is 7.14. The van der Waals surface area contributed by atoms with Crippen LogP contribution in [-0.2, 0) is 0 Å². The highest BCUT2D eigenvalue weighted by molar-refractivity contribution is 5.94. The molecule has 5 heteroatoms. The van der Waals surface area contributed by atoms with E-state index in [2.05, 4.69) is 59.4 Å². The van der Waals surface area contributed by atoms with Crippen LogP contribution in [-0.4, -0.2) is 21.2 Å². The molecule has 1 aromatic carbocycles. The molecule has 1 fully saturated rings. The van der Waals surface area contributed by atoms with E-state index in [0.29, 0.717) is 11.6 Å². The summed E-state index contributed by atoms with van der Waals surface area (Å²) in [7, 11) is 0. The van der Waals surface area contributed by atoms with Crippen molar-refractivity contribution in [2.75, 3.05) is 5.32 Å². The Kier molecular flexibility index (Phi) is 3.94. The number of nitrogens with zero attached hydrogens (tertiary/aromatic N) is 3. The van der Waals surface area contributed by atoms with Gasteiger partial charge in [-0.1, -0.05) is 35.8 Å². The van der Waals surface area contributed by atoms with Crippen molar-refractivity contribution in [1.29, 1.82) is 0 Å². The molecular formula is C20H24N4O. The number of fused-ring (bicyclic) bond motifs is 1. The fourth-order valence-corrected chi connectivity index (χ4v) is 3.53. The molecule has 0 aliphatic heterocycles. The molecule has 1 aliphatic carbocycles. The first kappa shape index (κ1) is 16.1. The Morgan fingerprint density at radius 1 is 1.20 bits per heavy atom. The SMILES string of the molecule is CCC(Nc1nc(C)nc2c(-c3ccc(C)cc3C)noc12)C1CC1. The molecule has 4 rings (SSSR count). The van der Waals surface area contributed by atoms with Gasteiger partial charge in [0.1, 0.15) is 17.0 Å². The van der Waals surface area contributed by atoms with E-state index < -0.39 is 0 Å². The van der Waals surface area contributed by atoms with Gasteiger partial charge in [0.05, 0.1) is 0 Å². The molecule has 0 spiro atoms. The quantitative estimate of drug-likeness (QED) is 0.724. The average Bonchev–Trinajstić information content (AvgIpc) is 3.33. The van der Waals surface area contributed by atoms with Crippen molar-refractivity contribution >= 4 is 16.9 Å². The molecule has 0 bridgehead atoms. The zero-order valence-electron chi connectivity index (χ0n) is 15.3. The number of nitrogens with one attached hydrogen (secondary N) is 1. The molecule has 0 amide bonds. The van der Waals surface area contributed by atoms with Gasteiger partial charge < -0.3 is 9.84 Å². The van der Waals surface area contributed by atoms with Gasteiger partial charge in [-0.15, -0.1) is 0 Å². The van der Waals surface area contributed by atoms with Gasteiger partial charge in [-0.05, 0) is 51.5 Å². The molecule has 2 aromatic heterocycles. The third-order valence-corrected chi connectivity index (χ3v) is 5.02. The van der Waals surface area contributed by atoms with Gasteiger partial charge in [0.15, 0.2) is 5.82 Å². The van der Waals surface area contributed by atoms with Crippen LogP contribution < -0.4 is 5.32 Å². The molecular weight excluding hydrogens is 312 g/mol. The standard InChI is InChI=1S/C20H24N4O/c1-5-16(14-7-8-14)23-20-19-18(21-13(4)22-20)17(24-25-19)15-9-6-11(2)10-12(15)3/h6,9-10,14,16H,5,7-8H2,1-4H3,(H,21,22,23). The normalized spacial score (nSPS) is 15.5. The minimum atomic E-state index is 0.437. The Labute approximate surface area is 147 Å². The molecule has 0 saturated heterocycles. The number of aromatic nitrogens is 3. The summed E-state index contributed by atoms with van der Waals surface area (Å²) >= 11 is 0. The second-order valence-corrected chi connectivity index (χ2v) is 7.14. The van der Waals surface area contributed by atoms with E-state index in [1.807, 2.05) is 6.92 Å². The minimum Gasteiger partial charge on any atom is -0.364 e. The number of anilines is 1. The first-order valence-electron chi connectivity index (χ1n) is 9.05. The molecule has 5 nitrogen and oxygen atoms in total. The maximum absolute atomic E-state index is 5.68. The lowest BCUT2D eigenvalue weighted by atomic mass is 10.0. The zero-order chi connectivity index (χ0) is 17.6. The fraction of sp³-hybridized carbons (Fsp3) is 0.450. The Morgan fingerprint density at radius 3 is 2.68 bits per heavy atom. The van der Waals surface area contributed by atoms with Crippen molar-refractivity contribution in [2.24, 2.45) is 5.92 Å². The number of benzene rings is 1. The molecule has 0 radical (unpaired) electrons. The Morgan fingerprint density at radius 2 is 2.00 bits per heavy atom. The van der Waals surface area contributed by atoms with Crippen molar-refractivity contribution in [3.8, 4) is 11.3 Å². The van der Waals surface area contributed by atoms with Crippen LogP contribution >= 0.6 is 0 Å². The summed E-state index contributed by atoms with van der Waals surface area (Å²) < 4.78 is 5.68. The highest BCUT2D eigenvalue weighted by Gasteiger charge is 2.31. The van der Waals surface area contributed by atoms with Gasteiger partial charge in [-0.2, -0.15) is 0 Å². The molecule has 25 heavy (non-hydrogen) atoms. The van der Waals surface area contributed by atoms with Crippen molar-refractivity contribution in [3.63, 3.8) is 0 Å². The third kappa shape index (κ3) is 2.99. The molecule has 130 valence electrons. The summed E-state index contributed by atoms with van der Waals surface area (Å²) in [5, 5.41) is 7.91. The van der Waals surface area contributed by atoms with Crippen molar-refractivity contribution in [1.82, 2.24) is 15.1 Å². The van der Waals surface area contributed by atoms with Gasteiger partial charge in [-0.3, -0.25) is 0 Å². The first-order chi connectivity index (χ1) is 12.1. The largest absolute Gasteiger partial charge is 0.364 e. The van der Waals surface area contributed by atoms with Gasteiger partial charge in [0, 0.05) is 11.6 Å². The number of rotatable bonds is 5. The monoisotopic (exact) mass is 336 g/mol. The number of hydrogen-bond donors (Lipinski definition) is 1. The van der Waals surface area contributed by atoms with Crippen LogP contribution in [0.5, 0.6) is 0 Å². The van der Waals surface area contributed by atoms with Crippen molar-refractivity contribution < 1.29 is 4.52 Å². The van der Waals surface area contributed by atoms with E-state index in [9.17, 15) is 0 Å². The van der Waals surface area contributed by atoms with E-state index >= 15 is 0 Å². The van der Waals surface area contributed by atoms with E-state index in [1.165, 1.54) is 24.0 Å². The summed E-state index contributed by atoms with van der Waals surface area (Å²) in [6, 6.07) is 6.78. The Balaban J connectivity index is 1.80. The van der Waals surface area contributed by atoms with E-state index in [0.717, 1.165) is 40.8 Å². The second kappa shape index (κ2) is 6.14. The predicted molar refractivity (Wildman–Crippen MR) is 99.7 cm³/mol. The minimum absolute atomic E-state index is 0.437. The third-order valence-electron chi connectivity index (χ3n) is 5.02. The van der Waals surface area contributed by atoms with Crippen LogP contribution in [0.15, 0.2) is 22.7 Å². The maximum atomic E-state index is 5.68. The lowest BCUT2D eigenvalue weighted by Gasteiger charge is -2.16. The predicted octanol–water partition coefficient (Wildman–Crippen LogP) is 4.81. The molecule has 1 unspecified atom stereocenters. The zero-order valence-corrected chi connectivity index (χ0v) is 15.3. The highest BCUT2D eigenvalue weighted by atomic mass is 16.5. The van der Waals surface area contributed by atoms with Crippen molar-refractivity contribution in [3.05, 3.63) is 35.2 Å². The van der Waals surface area contributed by atoms with E-state index in [-0.39, 0.29) is 0 Å². The van der Waals surface area contributed by atoms with Crippen LogP contribution in [0.3, 0.4) is 0 Å². The molecule has 1 atom stereocenters. The van der Waals surface area contributed by atoms with Crippen LogP contribution in [0.1, 0.15) is 43.1 Å². The van der Waals surface area contributed by atoms with Crippen LogP contribution in [0.25, 0.3) is 22.4 Å². The molecule has 1 aliphatic rings. The van der Waals surface area contributed by atoms with Crippen molar-refractivity contribution in [2.45, 2.75) is 53.0 Å². The van der Waals surface area contributed by atoms with Crippen LogP contribution in [0, 0.1) is 26.7 Å². The van der Waals surface area contributed by atoms with Crippen LogP contribution in [0.4, 0.5) is 5.82 Å². The highest BCUT2D eigenvalue weighted by Crippen LogP contribution is 2.37. The first-order valence-corrected chi connectivity index (χ1v) is 9.05. The van der Waals surface area contributed by atoms with Crippen LogP contribution in [0.2, 0.25) is 0 Å². The topological polar surface area (TPSA) is 63.8 Å². The summed E-state index contributed by atoms with van der Waals surface area (Å²) in [5.41, 5.74) is 5.69. The Bertz CT molecular complexity index is 927. The molecule has 1 N–H and O–H groups in total. The molecule has 1 saturated carbocycles. The summed E-state index contributed by atoms with van der Waals surface area (Å²) in [4.78, 5) is 9.21. The van der Waals surface area contributed by atoms with Gasteiger partial charge in [0.25, 0.3) is 0 Å². The lowest BCUT2D eigenvalue weighted by Crippen LogP contribution is -2.21. The fourth-order valence-electron chi connectivity index (χ4n) is 3.53. The smallest absolute Gasteiger partial charge is 0.228 e. The average molecular weight is 336 g/mol. The van der Waals surface area contributed by atoms with Gasteiger partial charge in [0.2, 0.25) is 5.58 Å². The Hall–Kier alpha value is -2.43. The van der Waals surface area contributed by atoms with E-state index in [4.69, 9.17) is 4.52 Å². The summed E-state index contributed by atoms with van der Waals surface area (Å²) in [6.45, 7) is 8.31. The lowest BCUT2D eigenvalue weighted by molar-refractivity contribution is 0.458.